The Morgan fingerprint density at radius 3 is 2.32 bits per heavy atom. The van der Waals surface area contributed by atoms with Crippen molar-refractivity contribution in [1.29, 1.82) is 0 Å². The highest BCUT2D eigenvalue weighted by molar-refractivity contribution is 5.14. The number of benzene rings is 1. The smallest absolute Gasteiger partial charge is 0.0816 e. The summed E-state index contributed by atoms with van der Waals surface area (Å²) in [5.74, 6) is 0. The molecular formula is C19H28N2O. The van der Waals surface area contributed by atoms with Crippen LogP contribution >= 0.6 is 0 Å². The van der Waals surface area contributed by atoms with Gasteiger partial charge in [0.2, 0.25) is 0 Å². The van der Waals surface area contributed by atoms with E-state index in [0.717, 1.165) is 19.6 Å². The number of nitrogens with one attached hydrogen (secondary N) is 1. The SMILES string of the molecule is CN(Cc1ccccc1)[C@H]1CC[C@@]2(CC1)CNCC1(CC1)O2. The largest absolute Gasteiger partial charge is 0.366 e. The molecule has 1 aromatic rings. The topological polar surface area (TPSA) is 24.5 Å². The number of ether oxygens (including phenoxy) is 1. The molecule has 0 atom stereocenters. The molecule has 3 heteroatoms. The Morgan fingerprint density at radius 1 is 1.05 bits per heavy atom. The molecule has 3 aliphatic rings. The quantitative estimate of drug-likeness (QED) is 0.929. The van der Waals surface area contributed by atoms with Gasteiger partial charge in [-0.2, -0.15) is 0 Å². The van der Waals surface area contributed by atoms with Crippen molar-refractivity contribution in [3.05, 3.63) is 35.9 Å². The van der Waals surface area contributed by atoms with Crippen LogP contribution in [0.5, 0.6) is 0 Å². The summed E-state index contributed by atoms with van der Waals surface area (Å²) in [6, 6.07) is 11.5. The van der Waals surface area contributed by atoms with Crippen LogP contribution < -0.4 is 5.32 Å². The molecular weight excluding hydrogens is 272 g/mol. The van der Waals surface area contributed by atoms with Gasteiger partial charge in [-0.15, -0.1) is 0 Å². The Bertz CT molecular complexity index is 503. The van der Waals surface area contributed by atoms with Crippen molar-refractivity contribution in [2.24, 2.45) is 0 Å². The van der Waals surface area contributed by atoms with E-state index in [0.29, 0.717) is 6.04 Å². The van der Waals surface area contributed by atoms with Crippen molar-refractivity contribution in [1.82, 2.24) is 10.2 Å². The Hall–Kier alpha value is -0.900. The van der Waals surface area contributed by atoms with Gasteiger partial charge in [-0.1, -0.05) is 30.3 Å². The predicted octanol–water partition coefficient (Wildman–Crippen LogP) is 2.95. The van der Waals surface area contributed by atoms with Crippen molar-refractivity contribution in [2.45, 2.75) is 62.3 Å². The zero-order valence-electron chi connectivity index (χ0n) is 13.7. The summed E-state index contributed by atoms with van der Waals surface area (Å²) >= 11 is 0. The molecule has 3 fully saturated rings. The highest BCUT2D eigenvalue weighted by Gasteiger charge is 2.53. The Kier molecular flexibility index (Phi) is 3.75. The molecule has 0 amide bonds. The van der Waals surface area contributed by atoms with Crippen LogP contribution in [0.2, 0.25) is 0 Å². The monoisotopic (exact) mass is 300 g/mol. The van der Waals surface area contributed by atoms with E-state index in [1.807, 2.05) is 0 Å². The highest BCUT2D eigenvalue weighted by Crippen LogP contribution is 2.48. The van der Waals surface area contributed by atoms with Gasteiger partial charge in [0.05, 0.1) is 11.2 Å². The zero-order valence-corrected chi connectivity index (χ0v) is 13.7. The first-order valence-electron chi connectivity index (χ1n) is 8.84. The normalized spacial score (nSPS) is 33.5. The van der Waals surface area contributed by atoms with Crippen LogP contribution in [0.4, 0.5) is 0 Å². The summed E-state index contributed by atoms with van der Waals surface area (Å²) < 4.78 is 6.58. The molecule has 120 valence electrons. The van der Waals surface area contributed by atoms with E-state index in [1.165, 1.54) is 44.1 Å². The molecule has 0 aromatic heterocycles. The van der Waals surface area contributed by atoms with Crippen molar-refractivity contribution in [3.63, 3.8) is 0 Å². The first kappa shape index (κ1) is 14.7. The fraction of sp³-hybridized carbons (Fsp3) is 0.684. The van der Waals surface area contributed by atoms with E-state index in [9.17, 15) is 0 Å². The van der Waals surface area contributed by atoms with Crippen LogP contribution in [-0.2, 0) is 11.3 Å². The van der Waals surface area contributed by atoms with E-state index in [4.69, 9.17) is 4.74 Å². The van der Waals surface area contributed by atoms with Crippen molar-refractivity contribution in [3.8, 4) is 0 Å². The van der Waals surface area contributed by atoms with Gasteiger partial charge in [0, 0.05) is 25.7 Å². The fourth-order valence-electron chi connectivity index (χ4n) is 4.32. The van der Waals surface area contributed by atoms with Gasteiger partial charge in [-0.05, 0) is 51.1 Å². The highest BCUT2D eigenvalue weighted by atomic mass is 16.5. The van der Waals surface area contributed by atoms with E-state index in [-0.39, 0.29) is 11.2 Å². The molecule has 2 aliphatic carbocycles. The summed E-state index contributed by atoms with van der Waals surface area (Å²) in [5, 5.41) is 3.64. The summed E-state index contributed by atoms with van der Waals surface area (Å²) in [4.78, 5) is 2.53. The van der Waals surface area contributed by atoms with Crippen LogP contribution in [-0.4, -0.2) is 42.3 Å². The van der Waals surface area contributed by atoms with E-state index in [2.05, 4.69) is 47.6 Å². The molecule has 0 radical (unpaired) electrons. The number of nitrogens with zero attached hydrogens (tertiary/aromatic N) is 1. The summed E-state index contributed by atoms with van der Waals surface area (Å²) in [7, 11) is 2.28. The van der Waals surface area contributed by atoms with Gasteiger partial charge >= 0.3 is 0 Å². The summed E-state index contributed by atoms with van der Waals surface area (Å²) in [5.41, 5.74) is 1.78. The lowest BCUT2D eigenvalue weighted by Gasteiger charge is -2.47. The number of hydrogen-bond acceptors (Lipinski definition) is 3. The lowest BCUT2D eigenvalue weighted by molar-refractivity contribution is -0.153. The van der Waals surface area contributed by atoms with Crippen molar-refractivity contribution >= 4 is 0 Å². The minimum absolute atomic E-state index is 0.138. The molecule has 4 rings (SSSR count). The van der Waals surface area contributed by atoms with Gasteiger partial charge in [0.15, 0.2) is 0 Å². The van der Waals surface area contributed by atoms with Gasteiger partial charge in [-0.3, -0.25) is 4.90 Å². The fourth-order valence-corrected chi connectivity index (χ4v) is 4.32. The maximum atomic E-state index is 6.58. The molecule has 3 nitrogen and oxygen atoms in total. The molecule has 1 saturated heterocycles. The first-order chi connectivity index (χ1) is 10.7. The third-order valence-electron chi connectivity index (χ3n) is 5.90. The van der Waals surface area contributed by atoms with Gasteiger partial charge in [-0.25, -0.2) is 0 Å². The maximum Gasteiger partial charge on any atom is 0.0816 e. The van der Waals surface area contributed by atoms with Gasteiger partial charge < -0.3 is 10.1 Å². The molecule has 22 heavy (non-hydrogen) atoms. The average molecular weight is 300 g/mol. The summed E-state index contributed by atoms with van der Waals surface area (Å²) in [6.45, 7) is 3.19. The van der Waals surface area contributed by atoms with Gasteiger partial charge in [0.1, 0.15) is 0 Å². The van der Waals surface area contributed by atoms with Crippen LogP contribution in [0.1, 0.15) is 44.1 Å². The van der Waals surface area contributed by atoms with E-state index in [1.54, 1.807) is 0 Å². The standard InChI is InChI=1S/C19H28N2O/c1-21(13-16-5-3-2-4-6-16)17-7-9-18(10-8-17)14-20-15-19(22-18)11-12-19/h2-6,17,20H,7-15H2,1H3/t17-,18+. The molecule has 1 N–H and O–H groups in total. The molecule has 1 aromatic carbocycles. The minimum Gasteiger partial charge on any atom is -0.366 e. The molecule has 2 saturated carbocycles. The first-order valence-corrected chi connectivity index (χ1v) is 8.84. The Labute approximate surface area is 134 Å². The second kappa shape index (κ2) is 5.63. The molecule has 1 heterocycles. The minimum atomic E-state index is 0.138. The molecule has 0 unspecified atom stereocenters. The van der Waals surface area contributed by atoms with Crippen molar-refractivity contribution < 1.29 is 4.74 Å². The van der Waals surface area contributed by atoms with Crippen LogP contribution in [0.25, 0.3) is 0 Å². The van der Waals surface area contributed by atoms with Crippen molar-refractivity contribution in [2.75, 3.05) is 20.1 Å². The zero-order chi connectivity index (χ0) is 15.0. The van der Waals surface area contributed by atoms with Gasteiger partial charge in [0.25, 0.3) is 0 Å². The van der Waals surface area contributed by atoms with E-state index >= 15 is 0 Å². The third kappa shape index (κ3) is 2.94. The molecule has 0 bridgehead atoms. The number of hydrogen-bond donors (Lipinski definition) is 1. The Balaban J connectivity index is 1.33. The number of morpholine rings is 1. The lowest BCUT2D eigenvalue weighted by atomic mass is 9.80. The second-order valence-corrected chi connectivity index (χ2v) is 7.70. The number of rotatable bonds is 3. The lowest BCUT2D eigenvalue weighted by Crippen LogP contribution is -2.57. The summed E-state index contributed by atoms with van der Waals surface area (Å²) in [6.07, 6.45) is 7.48. The average Bonchev–Trinajstić information content (AvgIpc) is 3.27. The van der Waals surface area contributed by atoms with E-state index < -0.39 is 0 Å². The molecule has 1 aliphatic heterocycles. The molecule has 2 spiro atoms. The second-order valence-electron chi connectivity index (χ2n) is 7.70. The van der Waals surface area contributed by atoms with Crippen LogP contribution in [0.15, 0.2) is 30.3 Å². The Morgan fingerprint density at radius 2 is 1.68 bits per heavy atom. The predicted molar refractivity (Wildman–Crippen MR) is 88.8 cm³/mol. The maximum absolute atomic E-state index is 6.58. The third-order valence-corrected chi connectivity index (χ3v) is 5.90. The van der Waals surface area contributed by atoms with Crippen LogP contribution in [0.3, 0.4) is 0 Å². The van der Waals surface area contributed by atoms with Crippen LogP contribution in [0, 0.1) is 0 Å².